The lowest BCUT2D eigenvalue weighted by molar-refractivity contribution is 0.0916. The van der Waals surface area contributed by atoms with Crippen molar-refractivity contribution in [3.8, 4) is 22.5 Å². The smallest absolute Gasteiger partial charge is 0.252 e. The zero-order valence-electron chi connectivity index (χ0n) is 16.8. The van der Waals surface area contributed by atoms with Crippen molar-refractivity contribution in [1.82, 2.24) is 25.7 Å². The van der Waals surface area contributed by atoms with Crippen LogP contribution in [0.4, 0.5) is 8.78 Å². The minimum Gasteiger partial charge on any atom is -0.394 e. The number of nitrogens with one attached hydrogen (secondary N) is 2. The van der Waals surface area contributed by atoms with Crippen molar-refractivity contribution in [3.63, 3.8) is 0 Å². The molecule has 0 aliphatic heterocycles. The number of nitrogens with zero attached hydrogens (tertiary/aromatic N) is 3. The molecule has 32 heavy (non-hydrogen) atoms. The molecular weight excluding hydrogens is 416 g/mol. The van der Waals surface area contributed by atoms with Gasteiger partial charge in [-0.25, -0.2) is 8.78 Å². The Hall–Kier alpha value is -3.98. The average molecular weight is 435 g/mol. The van der Waals surface area contributed by atoms with Crippen molar-refractivity contribution < 1.29 is 18.7 Å². The summed E-state index contributed by atoms with van der Waals surface area (Å²) in [6, 6.07) is 14.3. The van der Waals surface area contributed by atoms with Crippen LogP contribution in [0, 0.1) is 11.6 Å². The molecule has 0 spiro atoms. The van der Waals surface area contributed by atoms with E-state index < -0.39 is 17.8 Å². The maximum atomic E-state index is 14.8. The zero-order valence-corrected chi connectivity index (χ0v) is 16.8. The van der Waals surface area contributed by atoms with Gasteiger partial charge >= 0.3 is 0 Å². The fourth-order valence-electron chi connectivity index (χ4n) is 3.32. The van der Waals surface area contributed by atoms with Gasteiger partial charge < -0.3 is 10.4 Å². The molecule has 0 bridgehead atoms. The number of hydrogen-bond acceptors (Lipinski definition) is 5. The number of hydrogen-bond donors (Lipinski definition) is 3. The molecule has 0 radical (unpaired) electrons. The Morgan fingerprint density at radius 2 is 1.91 bits per heavy atom. The van der Waals surface area contributed by atoms with Gasteiger partial charge in [-0.2, -0.15) is 15.3 Å². The van der Waals surface area contributed by atoms with E-state index in [0.717, 1.165) is 0 Å². The van der Waals surface area contributed by atoms with E-state index in [2.05, 4.69) is 25.7 Å². The SMILES string of the molecule is O=C(N[C@@H](CO)Cc1cccnn1)c1cccc(F)c1-c1cc(-c2ccc(F)cc2)n[nH]1. The first-order valence-electron chi connectivity index (χ1n) is 9.83. The van der Waals surface area contributed by atoms with Gasteiger partial charge in [-0.05, 0) is 54.6 Å². The molecule has 4 aromatic rings. The van der Waals surface area contributed by atoms with Crippen LogP contribution >= 0.6 is 0 Å². The number of amides is 1. The third-order valence-electron chi connectivity index (χ3n) is 4.88. The molecule has 0 unspecified atom stereocenters. The van der Waals surface area contributed by atoms with Crippen LogP contribution in [0.3, 0.4) is 0 Å². The quantitative estimate of drug-likeness (QED) is 0.414. The first kappa shape index (κ1) is 21.3. The fraction of sp³-hybridized carbons (Fsp3) is 0.130. The van der Waals surface area contributed by atoms with Gasteiger partial charge in [-0.15, -0.1) is 0 Å². The van der Waals surface area contributed by atoms with Crippen LogP contribution < -0.4 is 5.32 Å². The number of carbonyl (C=O) groups is 1. The summed E-state index contributed by atoms with van der Waals surface area (Å²) < 4.78 is 28.0. The molecule has 2 aromatic carbocycles. The largest absolute Gasteiger partial charge is 0.394 e. The average Bonchev–Trinajstić information content (AvgIpc) is 3.29. The Labute approximate surface area is 182 Å². The van der Waals surface area contributed by atoms with Crippen LogP contribution in [0.2, 0.25) is 0 Å². The summed E-state index contributed by atoms with van der Waals surface area (Å²) in [5.41, 5.74) is 2.14. The van der Waals surface area contributed by atoms with E-state index in [1.807, 2.05) is 0 Å². The predicted molar refractivity (Wildman–Crippen MR) is 113 cm³/mol. The Kier molecular flexibility index (Phi) is 6.27. The summed E-state index contributed by atoms with van der Waals surface area (Å²) in [4.78, 5) is 13.0. The van der Waals surface area contributed by atoms with Gasteiger partial charge in [-0.3, -0.25) is 9.89 Å². The van der Waals surface area contributed by atoms with E-state index in [4.69, 9.17) is 0 Å². The van der Waals surface area contributed by atoms with Crippen LogP contribution in [-0.2, 0) is 6.42 Å². The molecule has 1 amide bonds. The van der Waals surface area contributed by atoms with Crippen LogP contribution in [0.15, 0.2) is 66.9 Å². The maximum Gasteiger partial charge on any atom is 0.252 e. The third kappa shape index (κ3) is 4.68. The van der Waals surface area contributed by atoms with Crippen LogP contribution in [0.25, 0.3) is 22.5 Å². The normalized spacial score (nSPS) is 11.8. The van der Waals surface area contributed by atoms with Gasteiger partial charge in [0.25, 0.3) is 5.91 Å². The summed E-state index contributed by atoms with van der Waals surface area (Å²) in [5.74, 6) is -1.54. The summed E-state index contributed by atoms with van der Waals surface area (Å²) >= 11 is 0. The topological polar surface area (TPSA) is 104 Å². The molecule has 0 saturated heterocycles. The first-order valence-corrected chi connectivity index (χ1v) is 9.83. The van der Waals surface area contributed by atoms with E-state index in [9.17, 15) is 18.7 Å². The first-order chi connectivity index (χ1) is 15.5. The van der Waals surface area contributed by atoms with E-state index in [1.165, 1.54) is 36.5 Å². The summed E-state index contributed by atoms with van der Waals surface area (Å²) in [6.07, 6.45) is 1.79. The molecule has 0 saturated carbocycles. The Balaban J connectivity index is 1.60. The lowest BCUT2D eigenvalue weighted by Gasteiger charge is -2.17. The lowest BCUT2D eigenvalue weighted by atomic mass is 10.0. The van der Waals surface area contributed by atoms with Gasteiger partial charge in [0.15, 0.2) is 0 Å². The fourth-order valence-corrected chi connectivity index (χ4v) is 3.32. The van der Waals surface area contributed by atoms with Crippen molar-refractivity contribution >= 4 is 5.91 Å². The van der Waals surface area contributed by atoms with Crippen molar-refractivity contribution in [2.45, 2.75) is 12.5 Å². The van der Waals surface area contributed by atoms with E-state index >= 15 is 0 Å². The minimum absolute atomic E-state index is 0.0436. The highest BCUT2D eigenvalue weighted by atomic mass is 19.1. The van der Waals surface area contributed by atoms with Crippen LogP contribution in [0.5, 0.6) is 0 Å². The van der Waals surface area contributed by atoms with Gasteiger partial charge in [0.2, 0.25) is 0 Å². The van der Waals surface area contributed by atoms with Gasteiger partial charge in [0.05, 0.1) is 35.3 Å². The molecule has 1 atom stereocenters. The number of aliphatic hydroxyl groups excluding tert-OH is 1. The second-order valence-corrected chi connectivity index (χ2v) is 7.11. The van der Waals surface area contributed by atoms with Crippen molar-refractivity contribution in [2.24, 2.45) is 0 Å². The van der Waals surface area contributed by atoms with Crippen molar-refractivity contribution in [1.29, 1.82) is 0 Å². The van der Waals surface area contributed by atoms with E-state index in [1.54, 1.807) is 30.3 Å². The number of carbonyl (C=O) groups excluding carboxylic acids is 1. The maximum absolute atomic E-state index is 14.8. The number of aromatic amines is 1. The number of aliphatic hydroxyl groups is 1. The molecule has 2 aromatic heterocycles. The third-order valence-corrected chi connectivity index (χ3v) is 4.88. The summed E-state index contributed by atoms with van der Waals surface area (Å²) in [7, 11) is 0. The molecule has 0 fully saturated rings. The van der Waals surface area contributed by atoms with Gasteiger partial charge in [0, 0.05) is 23.7 Å². The molecule has 4 rings (SSSR count). The minimum atomic E-state index is -0.633. The number of rotatable bonds is 7. The van der Waals surface area contributed by atoms with E-state index in [-0.39, 0.29) is 30.0 Å². The highest BCUT2D eigenvalue weighted by Gasteiger charge is 2.21. The van der Waals surface area contributed by atoms with Crippen molar-refractivity contribution in [2.75, 3.05) is 6.61 Å². The Bertz CT molecular complexity index is 1210. The Morgan fingerprint density at radius 1 is 1.09 bits per heavy atom. The van der Waals surface area contributed by atoms with Crippen LogP contribution in [-0.4, -0.2) is 44.1 Å². The second-order valence-electron chi connectivity index (χ2n) is 7.11. The van der Waals surface area contributed by atoms with Gasteiger partial charge in [-0.1, -0.05) is 6.07 Å². The molecule has 0 aliphatic carbocycles. The number of H-pyrrole nitrogens is 1. The summed E-state index contributed by atoms with van der Waals surface area (Å²) in [5, 5.41) is 27.1. The summed E-state index contributed by atoms with van der Waals surface area (Å²) in [6.45, 7) is -0.328. The van der Waals surface area contributed by atoms with Crippen molar-refractivity contribution in [3.05, 3.63) is 89.8 Å². The van der Waals surface area contributed by atoms with Crippen LogP contribution in [0.1, 0.15) is 16.1 Å². The standard InChI is InChI=1S/C23H19F2N5O2/c24-15-8-6-14(7-9-15)20-12-21(30-29-20)22-18(4-1-5-19(22)25)23(32)27-17(13-31)11-16-3-2-10-26-28-16/h1-10,12,17,31H,11,13H2,(H,27,32)(H,29,30)/t17-/m1/s1. The number of benzene rings is 2. The molecular formula is C23H19F2N5O2. The van der Waals surface area contributed by atoms with Gasteiger partial charge in [0.1, 0.15) is 11.6 Å². The molecule has 7 nitrogen and oxygen atoms in total. The second kappa shape index (κ2) is 9.44. The number of aromatic nitrogens is 4. The molecule has 3 N–H and O–H groups in total. The highest BCUT2D eigenvalue weighted by molar-refractivity contribution is 6.01. The monoisotopic (exact) mass is 435 g/mol. The zero-order chi connectivity index (χ0) is 22.5. The number of halogens is 2. The highest BCUT2D eigenvalue weighted by Crippen LogP contribution is 2.29. The molecule has 9 heteroatoms. The molecule has 2 heterocycles. The molecule has 162 valence electrons. The Morgan fingerprint density at radius 3 is 2.62 bits per heavy atom. The van der Waals surface area contributed by atoms with E-state index in [0.29, 0.717) is 22.6 Å². The lowest BCUT2D eigenvalue weighted by Crippen LogP contribution is -2.39. The predicted octanol–water partition coefficient (Wildman–Crippen LogP) is 3.15. The molecule has 0 aliphatic rings.